The van der Waals surface area contributed by atoms with Gasteiger partial charge < -0.3 is 20.4 Å². The van der Waals surface area contributed by atoms with E-state index in [1.54, 1.807) is 54.3 Å². The first-order chi connectivity index (χ1) is 18.9. The highest BCUT2D eigenvalue weighted by Crippen LogP contribution is 2.44. The second-order valence-electron chi connectivity index (χ2n) is 10.0. The summed E-state index contributed by atoms with van der Waals surface area (Å²) in [6.07, 6.45) is 4.68. The highest BCUT2D eigenvalue weighted by Gasteiger charge is 2.48. The molecule has 8 heteroatoms. The molecule has 5 rings (SSSR count). The molecule has 2 aliphatic rings. The zero-order chi connectivity index (χ0) is 27.6. The predicted octanol–water partition coefficient (Wildman–Crippen LogP) is 3.65. The standard InChI is InChI=1S/C31H31N3O5/c1-21(8-7-13-29(37)33-18-23-10-6-5-9-22(23)16-26(33)19-35)31(39)27-17-25(14-15-28(27)32-30(31)38)34(20-36)24-11-3-2-4-12-24/h2-12,14-15,17,20-21,26,35,39H,13,16,18-19H2,1H3,(H,32,38)/b8-7+/t21-,26-,31+/m0/s1. The van der Waals surface area contributed by atoms with Gasteiger partial charge in [0.15, 0.2) is 5.60 Å². The molecule has 2 heterocycles. The first kappa shape index (κ1) is 26.3. The van der Waals surface area contributed by atoms with Crippen molar-refractivity contribution in [3.8, 4) is 0 Å². The second kappa shape index (κ2) is 10.8. The van der Waals surface area contributed by atoms with Crippen LogP contribution >= 0.6 is 0 Å². The van der Waals surface area contributed by atoms with Gasteiger partial charge in [-0.25, -0.2) is 0 Å². The number of carbonyl (C=O) groups is 3. The number of nitrogens with one attached hydrogen (secondary N) is 1. The Morgan fingerprint density at radius 3 is 2.54 bits per heavy atom. The fourth-order valence-corrected chi connectivity index (χ4v) is 5.43. The summed E-state index contributed by atoms with van der Waals surface area (Å²) < 4.78 is 0. The van der Waals surface area contributed by atoms with Gasteiger partial charge in [0.2, 0.25) is 12.3 Å². The smallest absolute Gasteiger partial charge is 0.261 e. The molecule has 0 aromatic heterocycles. The van der Waals surface area contributed by atoms with Gasteiger partial charge in [-0.2, -0.15) is 0 Å². The molecule has 200 valence electrons. The number of carbonyl (C=O) groups excluding carboxylic acids is 3. The Labute approximate surface area is 227 Å². The largest absolute Gasteiger partial charge is 0.394 e. The summed E-state index contributed by atoms with van der Waals surface area (Å²) in [7, 11) is 0. The number of benzene rings is 3. The van der Waals surface area contributed by atoms with E-state index >= 15 is 0 Å². The lowest BCUT2D eigenvalue weighted by molar-refractivity contribution is -0.137. The van der Waals surface area contributed by atoms with Gasteiger partial charge in [-0.3, -0.25) is 19.3 Å². The van der Waals surface area contributed by atoms with Crippen LogP contribution < -0.4 is 10.2 Å². The van der Waals surface area contributed by atoms with Gasteiger partial charge in [0, 0.05) is 41.5 Å². The van der Waals surface area contributed by atoms with E-state index in [0.29, 0.717) is 42.0 Å². The molecule has 8 nitrogen and oxygen atoms in total. The molecule has 0 bridgehead atoms. The molecular formula is C31H31N3O5. The molecule has 0 saturated heterocycles. The topological polar surface area (TPSA) is 110 Å². The number of hydrogen-bond donors (Lipinski definition) is 3. The third-order valence-electron chi connectivity index (χ3n) is 7.69. The van der Waals surface area contributed by atoms with E-state index in [1.165, 1.54) is 4.90 Å². The monoisotopic (exact) mass is 525 g/mol. The number of aliphatic hydroxyl groups excluding tert-OH is 1. The van der Waals surface area contributed by atoms with Gasteiger partial charge in [0.1, 0.15) is 0 Å². The van der Waals surface area contributed by atoms with Crippen LogP contribution in [0.25, 0.3) is 0 Å². The summed E-state index contributed by atoms with van der Waals surface area (Å²) in [6.45, 7) is 2.02. The maximum atomic E-state index is 13.1. The van der Waals surface area contributed by atoms with E-state index in [2.05, 4.69) is 5.32 Å². The van der Waals surface area contributed by atoms with Crippen LogP contribution in [0.4, 0.5) is 17.1 Å². The van der Waals surface area contributed by atoms with E-state index in [9.17, 15) is 24.6 Å². The van der Waals surface area contributed by atoms with Gasteiger partial charge in [0.25, 0.3) is 5.91 Å². The van der Waals surface area contributed by atoms with Crippen LogP contribution in [0.15, 0.2) is 84.9 Å². The molecule has 0 radical (unpaired) electrons. The quantitative estimate of drug-likeness (QED) is 0.307. The number of aliphatic hydroxyl groups is 2. The van der Waals surface area contributed by atoms with Crippen LogP contribution in [-0.4, -0.2) is 46.0 Å². The van der Waals surface area contributed by atoms with Gasteiger partial charge in [-0.05, 0) is 47.9 Å². The number of fused-ring (bicyclic) bond motifs is 2. The molecule has 0 saturated carbocycles. The minimum absolute atomic E-state index is 0.0700. The summed E-state index contributed by atoms with van der Waals surface area (Å²) in [6, 6.07) is 21.7. The van der Waals surface area contributed by atoms with Crippen molar-refractivity contribution < 1.29 is 24.6 Å². The molecule has 2 aliphatic heterocycles. The number of rotatable bonds is 8. The first-order valence-electron chi connectivity index (χ1n) is 13.0. The van der Waals surface area contributed by atoms with Crippen LogP contribution in [-0.2, 0) is 33.0 Å². The summed E-state index contributed by atoms with van der Waals surface area (Å²) in [5.74, 6) is -1.37. The lowest BCUT2D eigenvalue weighted by Gasteiger charge is -2.36. The zero-order valence-electron chi connectivity index (χ0n) is 21.7. The SMILES string of the molecule is C[C@@H](/C=C/CC(=O)N1Cc2ccccc2C[C@H]1CO)[C@]1(O)C(=O)Nc2ccc(N(C=O)c3ccccc3)cc21. The second-order valence-corrected chi connectivity index (χ2v) is 10.0. The van der Waals surface area contributed by atoms with Crippen LogP contribution in [0.1, 0.15) is 30.0 Å². The Hall–Kier alpha value is -4.27. The zero-order valence-corrected chi connectivity index (χ0v) is 21.7. The molecule has 3 aromatic rings. The lowest BCUT2D eigenvalue weighted by Crippen LogP contribution is -2.46. The highest BCUT2D eigenvalue weighted by atomic mass is 16.3. The van der Waals surface area contributed by atoms with Gasteiger partial charge in [0.05, 0.1) is 12.6 Å². The van der Waals surface area contributed by atoms with Crippen molar-refractivity contribution in [3.05, 3.63) is 102 Å². The fraction of sp³-hybridized carbons (Fsp3) is 0.258. The lowest BCUT2D eigenvalue weighted by atomic mass is 9.82. The molecule has 3 atom stereocenters. The Kier molecular flexibility index (Phi) is 7.32. The van der Waals surface area contributed by atoms with E-state index in [0.717, 1.165) is 11.1 Å². The maximum absolute atomic E-state index is 13.1. The van der Waals surface area contributed by atoms with E-state index in [-0.39, 0.29) is 25.0 Å². The van der Waals surface area contributed by atoms with E-state index < -0.39 is 17.4 Å². The molecule has 3 amide bonds. The molecule has 0 unspecified atom stereocenters. The molecule has 0 aliphatic carbocycles. The average Bonchev–Trinajstić information content (AvgIpc) is 3.23. The number of para-hydroxylation sites is 1. The fourth-order valence-electron chi connectivity index (χ4n) is 5.43. The van der Waals surface area contributed by atoms with Crippen molar-refractivity contribution in [3.63, 3.8) is 0 Å². The van der Waals surface area contributed by atoms with Crippen LogP contribution in [0.3, 0.4) is 0 Å². The minimum atomic E-state index is -1.88. The Morgan fingerprint density at radius 1 is 1.10 bits per heavy atom. The Bertz CT molecular complexity index is 1420. The number of anilines is 3. The summed E-state index contributed by atoms with van der Waals surface area (Å²) in [5, 5.41) is 24.3. The highest BCUT2D eigenvalue weighted by molar-refractivity contribution is 6.06. The van der Waals surface area contributed by atoms with Crippen molar-refractivity contribution in [2.45, 2.75) is 38.0 Å². The molecule has 3 N–H and O–H groups in total. The third-order valence-corrected chi connectivity index (χ3v) is 7.69. The van der Waals surface area contributed by atoms with Crippen LogP contribution in [0.2, 0.25) is 0 Å². The van der Waals surface area contributed by atoms with Gasteiger partial charge >= 0.3 is 0 Å². The van der Waals surface area contributed by atoms with E-state index in [4.69, 9.17) is 0 Å². The van der Waals surface area contributed by atoms with Crippen molar-refractivity contribution in [1.82, 2.24) is 4.90 Å². The van der Waals surface area contributed by atoms with E-state index in [1.807, 2.05) is 42.5 Å². The average molecular weight is 526 g/mol. The summed E-state index contributed by atoms with van der Waals surface area (Å²) in [5.41, 5.74) is 2.32. The van der Waals surface area contributed by atoms with Crippen molar-refractivity contribution in [1.29, 1.82) is 0 Å². The van der Waals surface area contributed by atoms with Crippen molar-refractivity contribution in [2.24, 2.45) is 5.92 Å². The number of hydrogen-bond acceptors (Lipinski definition) is 5. The normalized spacial score (nSPS) is 20.7. The maximum Gasteiger partial charge on any atom is 0.261 e. The summed E-state index contributed by atoms with van der Waals surface area (Å²) in [4.78, 5) is 41.1. The van der Waals surface area contributed by atoms with Crippen LogP contribution in [0.5, 0.6) is 0 Å². The molecular weight excluding hydrogens is 494 g/mol. The Morgan fingerprint density at radius 2 is 1.82 bits per heavy atom. The van der Waals surface area contributed by atoms with Gasteiger partial charge in [-0.15, -0.1) is 0 Å². The molecule has 0 spiro atoms. The van der Waals surface area contributed by atoms with Gasteiger partial charge in [-0.1, -0.05) is 61.5 Å². The summed E-state index contributed by atoms with van der Waals surface area (Å²) >= 11 is 0. The van der Waals surface area contributed by atoms with Crippen molar-refractivity contribution >= 4 is 35.3 Å². The molecule has 3 aromatic carbocycles. The van der Waals surface area contributed by atoms with Crippen molar-refractivity contribution in [2.75, 3.05) is 16.8 Å². The minimum Gasteiger partial charge on any atom is -0.394 e. The predicted molar refractivity (Wildman–Crippen MR) is 148 cm³/mol. The number of amides is 3. The third kappa shape index (κ3) is 4.84. The first-order valence-corrected chi connectivity index (χ1v) is 13.0. The molecule has 39 heavy (non-hydrogen) atoms. The number of nitrogens with zero attached hydrogens (tertiary/aromatic N) is 2. The Balaban J connectivity index is 1.34. The van der Waals surface area contributed by atoms with Crippen LogP contribution in [0, 0.1) is 5.92 Å². The molecule has 0 fully saturated rings.